The smallest absolute Gasteiger partial charge is 0.264 e. The van der Waals surface area contributed by atoms with Crippen LogP contribution in [0.4, 0.5) is 4.39 Å². The highest BCUT2D eigenvalue weighted by atomic mass is 79.9. The molecule has 0 fully saturated rings. The van der Waals surface area contributed by atoms with Gasteiger partial charge in [0, 0.05) is 6.20 Å². The number of thiophene rings is 1. The topological polar surface area (TPSA) is 59.3 Å². The summed E-state index contributed by atoms with van der Waals surface area (Å²) in [6.07, 6.45) is 5.35. The Labute approximate surface area is 127 Å². The summed E-state index contributed by atoms with van der Waals surface area (Å²) in [6.45, 7) is 1.89. The van der Waals surface area contributed by atoms with Crippen LogP contribution in [0.3, 0.4) is 0 Å². The first-order valence-corrected chi connectivity index (χ1v) is 7.49. The lowest BCUT2D eigenvalue weighted by molar-refractivity contribution is -0.124. The van der Waals surface area contributed by atoms with Crippen LogP contribution < -0.4 is 5.43 Å². The quantitative estimate of drug-likeness (QED) is 0.659. The maximum atomic E-state index is 12.8. The molecule has 0 aliphatic heterocycles. The molecule has 20 heavy (non-hydrogen) atoms. The van der Waals surface area contributed by atoms with Crippen molar-refractivity contribution in [2.45, 2.75) is 19.4 Å². The Morgan fingerprint density at radius 1 is 1.70 bits per heavy atom. The van der Waals surface area contributed by atoms with Gasteiger partial charge in [-0.25, -0.2) is 5.43 Å². The van der Waals surface area contributed by atoms with E-state index in [9.17, 15) is 9.18 Å². The van der Waals surface area contributed by atoms with Crippen LogP contribution in [0, 0.1) is 5.13 Å². The fourth-order valence-corrected chi connectivity index (χ4v) is 2.51. The minimum atomic E-state index is -0.432. The molecule has 0 aromatic carbocycles. The molecule has 1 N–H and O–H groups in total. The van der Waals surface area contributed by atoms with Crippen molar-refractivity contribution < 1.29 is 9.18 Å². The number of hydrogen-bond acceptors (Lipinski definition) is 4. The molecule has 5 nitrogen and oxygen atoms in total. The molecule has 1 atom stereocenters. The summed E-state index contributed by atoms with van der Waals surface area (Å²) in [7, 11) is 0. The number of aromatic nitrogens is 2. The van der Waals surface area contributed by atoms with Gasteiger partial charge < -0.3 is 0 Å². The lowest BCUT2D eigenvalue weighted by Gasteiger charge is -2.12. The van der Waals surface area contributed by atoms with Gasteiger partial charge in [0.05, 0.1) is 21.8 Å². The van der Waals surface area contributed by atoms with E-state index in [1.165, 1.54) is 12.3 Å². The second-order valence-electron chi connectivity index (χ2n) is 3.94. The standard InChI is InChI=1S/C12H12BrFN4OS/c1-2-10(18-7-8(13)5-16-18)12(19)17-15-6-9-3-4-11(14)20-9/h3-7,10H,2H2,1H3,(H,17,19)/b15-6-/t10-/m0/s1. The Morgan fingerprint density at radius 3 is 3.05 bits per heavy atom. The third kappa shape index (κ3) is 3.73. The van der Waals surface area contributed by atoms with Crippen molar-refractivity contribution >= 4 is 39.4 Å². The second kappa shape index (κ2) is 6.76. The van der Waals surface area contributed by atoms with E-state index >= 15 is 0 Å². The molecule has 0 saturated carbocycles. The lowest BCUT2D eigenvalue weighted by atomic mass is 10.2. The number of halogens is 2. The molecular weight excluding hydrogens is 347 g/mol. The lowest BCUT2D eigenvalue weighted by Crippen LogP contribution is -2.29. The van der Waals surface area contributed by atoms with Gasteiger partial charge in [-0.1, -0.05) is 6.92 Å². The molecule has 1 amide bonds. The highest BCUT2D eigenvalue weighted by Crippen LogP contribution is 2.15. The van der Waals surface area contributed by atoms with Crippen LogP contribution in [0.25, 0.3) is 0 Å². The van der Waals surface area contributed by atoms with E-state index in [4.69, 9.17) is 0 Å². The number of nitrogens with zero attached hydrogens (tertiary/aromatic N) is 3. The van der Waals surface area contributed by atoms with Crippen molar-refractivity contribution in [1.82, 2.24) is 15.2 Å². The van der Waals surface area contributed by atoms with E-state index in [0.717, 1.165) is 15.8 Å². The molecule has 106 valence electrons. The number of hydrogen-bond donors (Lipinski definition) is 1. The Kier molecular flexibility index (Phi) is 5.02. The van der Waals surface area contributed by atoms with Gasteiger partial charge in [0.2, 0.25) is 0 Å². The van der Waals surface area contributed by atoms with E-state index in [2.05, 4.69) is 31.6 Å². The van der Waals surface area contributed by atoms with Crippen molar-refractivity contribution in [2.75, 3.05) is 0 Å². The van der Waals surface area contributed by atoms with Crippen LogP contribution in [0.5, 0.6) is 0 Å². The summed E-state index contributed by atoms with van der Waals surface area (Å²) in [5.41, 5.74) is 2.44. The molecule has 2 rings (SSSR count). The SMILES string of the molecule is CC[C@@H](C(=O)N/N=C\c1ccc(F)s1)n1cc(Br)cn1. The minimum absolute atomic E-state index is 0.267. The molecule has 2 aromatic rings. The molecule has 8 heteroatoms. The Hall–Kier alpha value is -1.54. The number of amides is 1. The number of hydrazone groups is 1. The zero-order chi connectivity index (χ0) is 14.5. The van der Waals surface area contributed by atoms with Crippen LogP contribution in [0.2, 0.25) is 0 Å². The van der Waals surface area contributed by atoms with Gasteiger partial charge >= 0.3 is 0 Å². The molecule has 0 unspecified atom stereocenters. The maximum absolute atomic E-state index is 12.8. The van der Waals surface area contributed by atoms with E-state index in [0.29, 0.717) is 11.3 Å². The first-order chi connectivity index (χ1) is 9.60. The number of carbonyl (C=O) groups is 1. The first kappa shape index (κ1) is 14.9. The normalized spacial score (nSPS) is 12.8. The van der Waals surface area contributed by atoms with Crippen LogP contribution in [0.1, 0.15) is 24.3 Å². The summed E-state index contributed by atoms with van der Waals surface area (Å²) in [5, 5.41) is 7.62. The van der Waals surface area contributed by atoms with Crippen LogP contribution in [-0.4, -0.2) is 21.9 Å². The summed E-state index contributed by atoms with van der Waals surface area (Å²) in [6, 6.07) is 2.51. The predicted octanol–water partition coefficient (Wildman–Crippen LogP) is 2.95. The largest absolute Gasteiger partial charge is 0.271 e. The Morgan fingerprint density at radius 2 is 2.50 bits per heavy atom. The van der Waals surface area contributed by atoms with Crippen molar-refractivity contribution in [3.8, 4) is 0 Å². The predicted molar refractivity (Wildman–Crippen MR) is 79.3 cm³/mol. The summed E-state index contributed by atoms with van der Waals surface area (Å²) in [5.74, 6) is -0.267. The van der Waals surface area contributed by atoms with Gasteiger partial charge in [0.1, 0.15) is 6.04 Å². The number of nitrogens with one attached hydrogen (secondary N) is 1. The molecule has 0 aliphatic carbocycles. The summed E-state index contributed by atoms with van der Waals surface area (Å²) >= 11 is 4.25. The summed E-state index contributed by atoms with van der Waals surface area (Å²) < 4.78 is 15.1. The number of rotatable bonds is 5. The second-order valence-corrected chi connectivity index (χ2v) is 5.92. The van der Waals surface area contributed by atoms with Gasteiger partial charge in [0.25, 0.3) is 5.91 Å². The van der Waals surface area contributed by atoms with E-state index in [-0.39, 0.29) is 11.0 Å². The van der Waals surface area contributed by atoms with Gasteiger partial charge in [0.15, 0.2) is 5.13 Å². The van der Waals surface area contributed by atoms with Gasteiger partial charge in [-0.15, -0.1) is 11.3 Å². The molecular formula is C12H12BrFN4OS. The van der Waals surface area contributed by atoms with E-state index < -0.39 is 6.04 Å². The molecule has 0 spiro atoms. The zero-order valence-electron chi connectivity index (χ0n) is 10.6. The van der Waals surface area contributed by atoms with Crippen LogP contribution >= 0.6 is 27.3 Å². The first-order valence-electron chi connectivity index (χ1n) is 5.88. The van der Waals surface area contributed by atoms with E-state index in [1.54, 1.807) is 23.1 Å². The average Bonchev–Trinajstić information content (AvgIpc) is 3.00. The molecule has 2 heterocycles. The Bertz CT molecular complexity index is 625. The molecule has 0 bridgehead atoms. The average molecular weight is 359 g/mol. The molecule has 2 aromatic heterocycles. The van der Waals surface area contributed by atoms with Crippen molar-refractivity contribution in [3.63, 3.8) is 0 Å². The fourth-order valence-electron chi connectivity index (χ4n) is 1.61. The molecule has 0 saturated heterocycles. The summed E-state index contributed by atoms with van der Waals surface area (Å²) in [4.78, 5) is 12.6. The number of carbonyl (C=O) groups excluding carboxylic acids is 1. The highest BCUT2D eigenvalue weighted by molar-refractivity contribution is 9.10. The van der Waals surface area contributed by atoms with Gasteiger partial charge in [-0.2, -0.15) is 14.6 Å². The van der Waals surface area contributed by atoms with Crippen LogP contribution in [-0.2, 0) is 4.79 Å². The highest BCUT2D eigenvalue weighted by Gasteiger charge is 2.18. The minimum Gasteiger partial charge on any atom is -0.271 e. The van der Waals surface area contributed by atoms with E-state index in [1.807, 2.05) is 6.92 Å². The van der Waals surface area contributed by atoms with Crippen molar-refractivity contribution in [3.05, 3.63) is 39.0 Å². The van der Waals surface area contributed by atoms with Crippen molar-refractivity contribution in [1.29, 1.82) is 0 Å². The van der Waals surface area contributed by atoms with Crippen LogP contribution in [0.15, 0.2) is 34.1 Å². The fraction of sp³-hybridized carbons (Fsp3) is 0.250. The van der Waals surface area contributed by atoms with Crippen molar-refractivity contribution in [2.24, 2.45) is 5.10 Å². The zero-order valence-corrected chi connectivity index (χ0v) is 13.0. The third-order valence-corrected chi connectivity index (χ3v) is 3.76. The molecule has 0 radical (unpaired) electrons. The molecule has 0 aliphatic rings. The maximum Gasteiger partial charge on any atom is 0.264 e. The van der Waals surface area contributed by atoms with Gasteiger partial charge in [-0.3, -0.25) is 9.48 Å². The third-order valence-electron chi connectivity index (χ3n) is 2.54. The monoisotopic (exact) mass is 358 g/mol. The van der Waals surface area contributed by atoms with Gasteiger partial charge in [-0.05, 0) is 34.5 Å². The Balaban J connectivity index is 1.98.